The van der Waals surface area contributed by atoms with Crippen LogP contribution in [-0.4, -0.2) is 30.7 Å². The minimum atomic E-state index is 0.0291. The van der Waals surface area contributed by atoms with Gasteiger partial charge in [0.05, 0.1) is 7.11 Å². The van der Waals surface area contributed by atoms with Gasteiger partial charge in [0.1, 0.15) is 5.75 Å². The Morgan fingerprint density at radius 2 is 2.25 bits per heavy atom. The molecule has 130 valence electrons. The molecule has 1 aromatic heterocycles. The van der Waals surface area contributed by atoms with Gasteiger partial charge in [-0.2, -0.15) is 0 Å². The van der Waals surface area contributed by atoms with Crippen molar-refractivity contribution in [2.75, 3.05) is 20.2 Å². The molecule has 0 bridgehead atoms. The second-order valence-electron chi connectivity index (χ2n) is 6.79. The topological polar surface area (TPSA) is 69.3 Å². The van der Waals surface area contributed by atoms with Gasteiger partial charge in [-0.05, 0) is 56.9 Å². The molecule has 1 aliphatic rings. The standard InChI is InChI=1S/C19H27N3O2/c1-12(2)22-17-6-4-13(19(23)21-9-8-20)10-15(17)16-11-14(24-3)5-7-18(16)22/h5,7,11-13H,4,6,8-10,20H2,1-3H3,(H,21,23). The molecule has 24 heavy (non-hydrogen) atoms. The zero-order valence-corrected chi connectivity index (χ0v) is 14.8. The lowest BCUT2D eigenvalue weighted by molar-refractivity contribution is -0.125. The lowest BCUT2D eigenvalue weighted by atomic mass is 9.85. The van der Waals surface area contributed by atoms with Gasteiger partial charge < -0.3 is 20.4 Å². The Bertz CT molecular complexity index is 749. The van der Waals surface area contributed by atoms with Crippen LogP contribution in [0.15, 0.2) is 18.2 Å². The molecule has 1 amide bonds. The normalized spacial score (nSPS) is 17.1. The fourth-order valence-corrected chi connectivity index (χ4v) is 3.85. The number of carbonyl (C=O) groups is 1. The first-order valence-corrected chi connectivity index (χ1v) is 8.74. The first-order chi connectivity index (χ1) is 11.6. The van der Waals surface area contributed by atoms with Crippen molar-refractivity contribution in [1.82, 2.24) is 9.88 Å². The van der Waals surface area contributed by atoms with E-state index in [0.717, 1.165) is 25.0 Å². The number of rotatable bonds is 5. The summed E-state index contributed by atoms with van der Waals surface area (Å²) in [4.78, 5) is 12.4. The quantitative estimate of drug-likeness (QED) is 0.885. The van der Waals surface area contributed by atoms with Gasteiger partial charge in [-0.3, -0.25) is 4.79 Å². The lowest BCUT2D eigenvalue weighted by Gasteiger charge is -2.24. The van der Waals surface area contributed by atoms with Crippen LogP contribution in [0.25, 0.3) is 10.9 Å². The van der Waals surface area contributed by atoms with E-state index in [9.17, 15) is 4.79 Å². The predicted octanol–water partition coefficient (Wildman–Crippen LogP) is 2.41. The van der Waals surface area contributed by atoms with Crippen LogP contribution < -0.4 is 15.8 Å². The zero-order valence-electron chi connectivity index (χ0n) is 14.8. The molecule has 0 saturated heterocycles. The van der Waals surface area contributed by atoms with E-state index in [1.165, 1.54) is 22.2 Å². The number of nitrogens with one attached hydrogen (secondary N) is 1. The van der Waals surface area contributed by atoms with E-state index in [1.807, 2.05) is 6.07 Å². The summed E-state index contributed by atoms with van der Waals surface area (Å²) in [7, 11) is 1.69. The van der Waals surface area contributed by atoms with Crippen LogP contribution >= 0.6 is 0 Å². The van der Waals surface area contributed by atoms with Crippen LogP contribution in [0.1, 0.15) is 37.6 Å². The number of aromatic nitrogens is 1. The summed E-state index contributed by atoms with van der Waals surface area (Å²) in [5.41, 5.74) is 9.40. The van der Waals surface area contributed by atoms with Gasteiger partial charge in [-0.1, -0.05) is 0 Å². The zero-order chi connectivity index (χ0) is 17.3. The highest BCUT2D eigenvalue weighted by atomic mass is 16.5. The molecule has 1 aliphatic carbocycles. The molecule has 5 heteroatoms. The Balaban J connectivity index is 2.02. The Morgan fingerprint density at radius 3 is 2.92 bits per heavy atom. The average molecular weight is 329 g/mol. The van der Waals surface area contributed by atoms with Crippen LogP contribution in [0.3, 0.4) is 0 Å². The summed E-state index contributed by atoms with van der Waals surface area (Å²) in [6, 6.07) is 6.65. The average Bonchev–Trinajstić information content (AvgIpc) is 2.92. The summed E-state index contributed by atoms with van der Waals surface area (Å²) in [5.74, 6) is 1.02. The van der Waals surface area contributed by atoms with E-state index in [2.05, 4.69) is 35.9 Å². The van der Waals surface area contributed by atoms with Gasteiger partial charge in [0.2, 0.25) is 5.91 Å². The van der Waals surface area contributed by atoms with Gasteiger partial charge >= 0.3 is 0 Å². The third-order valence-corrected chi connectivity index (χ3v) is 4.94. The molecule has 0 aliphatic heterocycles. The molecular formula is C19H27N3O2. The lowest BCUT2D eigenvalue weighted by Crippen LogP contribution is -2.36. The monoisotopic (exact) mass is 329 g/mol. The highest BCUT2D eigenvalue weighted by molar-refractivity contribution is 5.89. The third kappa shape index (κ3) is 2.88. The van der Waals surface area contributed by atoms with Crippen molar-refractivity contribution in [3.05, 3.63) is 29.5 Å². The molecule has 1 unspecified atom stereocenters. The number of ether oxygens (including phenoxy) is 1. The summed E-state index contributed by atoms with van der Waals surface area (Å²) < 4.78 is 7.82. The van der Waals surface area contributed by atoms with Crippen LogP contribution in [0, 0.1) is 5.92 Å². The molecule has 1 heterocycles. The van der Waals surface area contributed by atoms with Crippen LogP contribution in [0.4, 0.5) is 0 Å². The fourth-order valence-electron chi connectivity index (χ4n) is 3.85. The van der Waals surface area contributed by atoms with Crippen molar-refractivity contribution >= 4 is 16.8 Å². The van der Waals surface area contributed by atoms with E-state index < -0.39 is 0 Å². The Hall–Kier alpha value is -2.01. The van der Waals surface area contributed by atoms with E-state index >= 15 is 0 Å². The van der Waals surface area contributed by atoms with Crippen molar-refractivity contribution in [1.29, 1.82) is 0 Å². The number of benzene rings is 1. The number of nitrogens with zero attached hydrogens (tertiary/aromatic N) is 1. The van der Waals surface area contributed by atoms with Gasteiger partial charge in [0.15, 0.2) is 0 Å². The Labute approximate surface area is 143 Å². The SMILES string of the molecule is COc1ccc2c(c1)c1c(n2C(C)C)CCC(C(=O)NCCN)C1. The van der Waals surface area contributed by atoms with E-state index in [-0.39, 0.29) is 11.8 Å². The summed E-state index contributed by atoms with van der Waals surface area (Å²) in [6.45, 7) is 5.45. The Kier molecular flexibility index (Phi) is 4.81. The van der Waals surface area contributed by atoms with E-state index in [4.69, 9.17) is 10.5 Å². The van der Waals surface area contributed by atoms with Crippen molar-refractivity contribution in [3.8, 4) is 5.75 Å². The smallest absolute Gasteiger partial charge is 0.223 e. The molecule has 1 aromatic carbocycles. The molecule has 2 aromatic rings. The van der Waals surface area contributed by atoms with Gasteiger partial charge in [-0.15, -0.1) is 0 Å². The summed E-state index contributed by atoms with van der Waals surface area (Å²) in [6.07, 6.45) is 2.62. The number of hydrogen-bond donors (Lipinski definition) is 2. The number of hydrogen-bond acceptors (Lipinski definition) is 3. The fraction of sp³-hybridized carbons (Fsp3) is 0.526. The largest absolute Gasteiger partial charge is 0.497 e. The predicted molar refractivity (Wildman–Crippen MR) is 96.5 cm³/mol. The molecule has 1 atom stereocenters. The molecular weight excluding hydrogens is 302 g/mol. The number of methoxy groups -OCH3 is 1. The molecule has 0 spiro atoms. The van der Waals surface area contributed by atoms with Gasteiger partial charge in [-0.25, -0.2) is 0 Å². The van der Waals surface area contributed by atoms with Crippen molar-refractivity contribution < 1.29 is 9.53 Å². The minimum Gasteiger partial charge on any atom is -0.497 e. The third-order valence-electron chi connectivity index (χ3n) is 4.94. The van der Waals surface area contributed by atoms with E-state index in [0.29, 0.717) is 19.1 Å². The van der Waals surface area contributed by atoms with Crippen molar-refractivity contribution in [2.45, 2.75) is 39.2 Å². The second-order valence-corrected chi connectivity index (χ2v) is 6.79. The minimum absolute atomic E-state index is 0.0291. The number of carbonyl (C=O) groups excluding carboxylic acids is 1. The van der Waals surface area contributed by atoms with Gasteiger partial charge in [0.25, 0.3) is 0 Å². The number of nitrogens with two attached hydrogens (primary N) is 1. The Morgan fingerprint density at radius 1 is 1.46 bits per heavy atom. The second kappa shape index (κ2) is 6.85. The molecule has 5 nitrogen and oxygen atoms in total. The van der Waals surface area contributed by atoms with Crippen LogP contribution in [0.2, 0.25) is 0 Å². The number of amides is 1. The van der Waals surface area contributed by atoms with Gasteiger partial charge in [0, 0.05) is 41.6 Å². The number of fused-ring (bicyclic) bond motifs is 3. The van der Waals surface area contributed by atoms with Crippen LogP contribution in [0.5, 0.6) is 5.75 Å². The van der Waals surface area contributed by atoms with Crippen molar-refractivity contribution in [3.63, 3.8) is 0 Å². The van der Waals surface area contributed by atoms with Crippen LogP contribution in [-0.2, 0) is 17.6 Å². The highest BCUT2D eigenvalue weighted by Crippen LogP contribution is 2.37. The van der Waals surface area contributed by atoms with Crippen molar-refractivity contribution in [2.24, 2.45) is 11.7 Å². The maximum absolute atomic E-state index is 12.4. The molecule has 3 N–H and O–H groups in total. The molecule has 0 fully saturated rings. The molecule has 0 saturated carbocycles. The maximum atomic E-state index is 12.4. The summed E-state index contributed by atoms with van der Waals surface area (Å²) in [5, 5.41) is 4.15. The first kappa shape index (κ1) is 16.8. The maximum Gasteiger partial charge on any atom is 0.223 e. The first-order valence-electron chi connectivity index (χ1n) is 8.74. The highest BCUT2D eigenvalue weighted by Gasteiger charge is 2.29. The summed E-state index contributed by atoms with van der Waals surface area (Å²) >= 11 is 0. The van der Waals surface area contributed by atoms with E-state index in [1.54, 1.807) is 7.11 Å². The molecule has 0 radical (unpaired) electrons. The molecule has 3 rings (SSSR count).